The standard InChI is InChI=1S/C17H20BrNO2/c1-3-9-21-14-6-4-5-12(10-14)17(19)15-8-7-13(20-2)11-16(15)18/h4-8,10-11,17H,3,9,19H2,1-2H3. The van der Waals surface area contributed by atoms with E-state index in [1.807, 2.05) is 42.5 Å². The van der Waals surface area contributed by atoms with Crippen molar-refractivity contribution in [1.82, 2.24) is 0 Å². The molecule has 0 radical (unpaired) electrons. The summed E-state index contributed by atoms with van der Waals surface area (Å²) < 4.78 is 11.8. The zero-order valence-corrected chi connectivity index (χ0v) is 13.9. The van der Waals surface area contributed by atoms with E-state index in [1.54, 1.807) is 7.11 Å². The van der Waals surface area contributed by atoms with E-state index in [2.05, 4.69) is 22.9 Å². The van der Waals surface area contributed by atoms with Gasteiger partial charge in [-0.3, -0.25) is 0 Å². The molecule has 0 aliphatic heterocycles. The first-order chi connectivity index (χ1) is 10.2. The van der Waals surface area contributed by atoms with Crippen LogP contribution in [0.1, 0.15) is 30.5 Å². The summed E-state index contributed by atoms with van der Waals surface area (Å²) in [5.74, 6) is 1.66. The second-order valence-electron chi connectivity index (χ2n) is 4.79. The number of hydrogen-bond acceptors (Lipinski definition) is 3. The Morgan fingerprint density at radius 1 is 1.14 bits per heavy atom. The van der Waals surface area contributed by atoms with E-state index in [1.165, 1.54) is 0 Å². The molecule has 0 aliphatic rings. The Kier molecular flexibility index (Phi) is 5.65. The topological polar surface area (TPSA) is 44.5 Å². The number of benzene rings is 2. The average Bonchev–Trinajstić information content (AvgIpc) is 2.52. The summed E-state index contributed by atoms with van der Waals surface area (Å²) >= 11 is 3.56. The van der Waals surface area contributed by atoms with Crippen molar-refractivity contribution in [3.8, 4) is 11.5 Å². The normalized spacial score (nSPS) is 12.0. The lowest BCUT2D eigenvalue weighted by Gasteiger charge is -2.16. The third-order valence-corrected chi connectivity index (χ3v) is 3.92. The highest BCUT2D eigenvalue weighted by atomic mass is 79.9. The fourth-order valence-corrected chi connectivity index (χ4v) is 2.69. The Bertz CT molecular complexity index is 601. The van der Waals surface area contributed by atoms with E-state index in [0.717, 1.165) is 33.5 Å². The molecule has 0 amide bonds. The van der Waals surface area contributed by atoms with E-state index in [0.29, 0.717) is 6.61 Å². The van der Waals surface area contributed by atoms with Crippen LogP contribution in [0.3, 0.4) is 0 Å². The van der Waals surface area contributed by atoms with Crippen LogP contribution in [0.2, 0.25) is 0 Å². The molecule has 0 spiro atoms. The lowest BCUT2D eigenvalue weighted by atomic mass is 9.99. The van der Waals surface area contributed by atoms with Gasteiger partial charge in [0.2, 0.25) is 0 Å². The molecule has 2 N–H and O–H groups in total. The first kappa shape index (κ1) is 15.9. The first-order valence-electron chi connectivity index (χ1n) is 6.97. The van der Waals surface area contributed by atoms with Crippen molar-refractivity contribution in [1.29, 1.82) is 0 Å². The van der Waals surface area contributed by atoms with Crippen molar-refractivity contribution in [3.63, 3.8) is 0 Å². The van der Waals surface area contributed by atoms with Crippen LogP contribution < -0.4 is 15.2 Å². The summed E-state index contributed by atoms with van der Waals surface area (Å²) in [7, 11) is 1.65. The van der Waals surface area contributed by atoms with E-state index in [-0.39, 0.29) is 6.04 Å². The van der Waals surface area contributed by atoms with Crippen LogP contribution in [-0.4, -0.2) is 13.7 Å². The highest BCUT2D eigenvalue weighted by Crippen LogP contribution is 2.31. The van der Waals surface area contributed by atoms with E-state index in [4.69, 9.17) is 15.2 Å². The molecule has 4 heteroatoms. The van der Waals surface area contributed by atoms with Crippen molar-refractivity contribution in [2.75, 3.05) is 13.7 Å². The first-order valence-corrected chi connectivity index (χ1v) is 7.76. The number of methoxy groups -OCH3 is 1. The van der Waals surface area contributed by atoms with Crippen molar-refractivity contribution < 1.29 is 9.47 Å². The van der Waals surface area contributed by atoms with Crippen molar-refractivity contribution in [2.45, 2.75) is 19.4 Å². The molecule has 2 aromatic rings. The minimum absolute atomic E-state index is 0.213. The third-order valence-electron chi connectivity index (χ3n) is 3.23. The molecule has 0 saturated heterocycles. The number of nitrogens with two attached hydrogens (primary N) is 1. The molecule has 0 aromatic heterocycles. The SMILES string of the molecule is CCCOc1cccc(C(N)c2ccc(OC)cc2Br)c1. The smallest absolute Gasteiger partial charge is 0.120 e. The van der Waals surface area contributed by atoms with Gasteiger partial charge in [0.25, 0.3) is 0 Å². The van der Waals surface area contributed by atoms with Gasteiger partial charge in [-0.25, -0.2) is 0 Å². The van der Waals surface area contributed by atoms with Crippen LogP contribution in [0.15, 0.2) is 46.9 Å². The van der Waals surface area contributed by atoms with Crippen LogP contribution in [0.4, 0.5) is 0 Å². The molecule has 0 saturated carbocycles. The van der Waals surface area contributed by atoms with Crippen LogP contribution in [0, 0.1) is 0 Å². The van der Waals surface area contributed by atoms with Crippen LogP contribution in [0.25, 0.3) is 0 Å². The molecule has 1 unspecified atom stereocenters. The summed E-state index contributed by atoms with van der Waals surface area (Å²) in [6.45, 7) is 2.80. The summed E-state index contributed by atoms with van der Waals surface area (Å²) in [5, 5.41) is 0. The molecular formula is C17H20BrNO2. The number of ether oxygens (including phenoxy) is 2. The van der Waals surface area contributed by atoms with Gasteiger partial charge in [-0.15, -0.1) is 0 Å². The number of hydrogen-bond donors (Lipinski definition) is 1. The summed E-state index contributed by atoms with van der Waals surface area (Å²) in [5.41, 5.74) is 8.42. The molecule has 0 aliphatic carbocycles. The Morgan fingerprint density at radius 2 is 1.95 bits per heavy atom. The van der Waals surface area contributed by atoms with Crippen LogP contribution >= 0.6 is 15.9 Å². The van der Waals surface area contributed by atoms with Crippen LogP contribution in [-0.2, 0) is 0 Å². The van der Waals surface area contributed by atoms with Crippen molar-refractivity contribution >= 4 is 15.9 Å². The minimum Gasteiger partial charge on any atom is -0.497 e. The lowest BCUT2D eigenvalue weighted by Crippen LogP contribution is -2.12. The fourth-order valence-electron chi connectivity index (χ4n) is 2.08. The molecule has 0 fully saturated rings. The molecule has 3 nitrogen and oxygen atoms in total. The number of halogens is 1. The zero-order chi connectivity index (χ0) is 15.2. The fraction of sp³-hybridized carbons (Fsp3) is 0.294. The summed E-state index contributed by atoms with van der Waals surface area (Å²) in [6.07, 6.45) is 0.986. The van der Waals surface area contributed by atoms with Gasteiger partial charge in [0.05, 0.1) is 19.8 Å². The molecule has 112 valence electrons. The van der Waals surface area contributed by atoms with Gasteiger partial charge >= 0.3 is 0 Å². The van der Waals surface area contributed by atoms with E-state index < -0.39 is 0 Å². The molecule has 21 heavy (non-hydrogen) atoms. The monoisotopic (exact) mass is 349 g/mol. The lowest BCUT2D eigenvalue weighted by molar-refractivity contribution is 0.317. The Morgan fingerprint density at radius 3 is 2.62 bits per heavy atom. The van der Waals surface area contributed by atoms with Crippen LogP contribution in [0.5, 0.6) is 11.5 Å². The predicted molar refractivity (Wildman–Crippen MR) is 89.0 cm³/mol. The highest BCUT2D eigenvalue weighted by molar-refractivity contribution is 9.10. The quantitative estimate of drug-likeness (QED) is 0.845. The molecule has 2 rings (SSSR count). The summed E-state index contributed by atoms with van der Waals surface area (Å²) in [6, 6.07) is 13.5. The van der Waals surface area contributed by atoms with Gasteiger partial charge in [-0.1, -0.05) is 41.1 Å². The van der Waals surface area contributed by atoms with Gasteiger partial charge in [-0.2, -0.15) is 0 Å². The second kappa shape index (κ2) is 7.48. The highest BCUT2D eigenvalue weighted by Gasteiger charge is 2.13. The molecule has 2 aromatic carbocycles. The molecular weight excluding hydrogens is 330 g/mol. The third kappa shape index (κ3) is 3.99. The van der Waals surface area contributed by atoms with Crippen molar-refractivity contribution in [2.24, 2.45) is 5.73 Å². The minimum atomic E-state index is -0.213. The average molecular weight is 350 g/mol. The zero-order valence-electron chi connectivity index (χ0n) is 12.3. The van der Waals surface area contributed by atoms with Gasteiger partial charge in [-0.05, 0) is 41.8 Å². The second-order valence-corrected chi connectivity index (χ2v) is 5.64. The van der Waals surface area contributed by atoms with Gasteiger partial charge < -0.3 is 15.2 Å². The van der Waals surface area contributed by atoms with Gasteiger partial charge in [0.15, 0.2) is 0 Å². The van der Waals surface area contributed by atoms with E-state index in [9.17, 15) is 0 Å². The number of rotatable bonds is 6. The molecule has 0 bridgehead atoms. The summed E-state index contributed by atoms with van der Waals surface area (Å²) in [4.78, 5) is 0. The van der Waals surface area contributed by atoms with Crippen molar-refractivity contribution in [3.05, 3.63) is 58.1 Å². The maximum absolute atomic E-state index is 6.38. The Balaban J connectivity index is 2.25. The molecule has 0 heterocycles. The van der Waals surface area contributed by atoms with Gasteiger partial charge in [0.1, 0.15) is 11.5 Å². The Hall–Kier alpha value is -1.52. The maximum atomic E-state index is 6.38. The largest absolute Gasteiger partial charge is 0.497 e. The molecule has 1 atom stereocenters. The Labute approximate surface area is 134 Å². The predicted octanol–water partition coefficient (Wildman–Crippen LogP) is 4.29. The van der Waals surface area contributed by atoms with Gasteiger partial charge in [0, 0.05) is 4.47 Å². The maximum Gasteiger partial charge on any atom is 0.120 e. The van der Waals surface area contributed by atoms with E-state index >= 15 is 0 Å².